The van der Waals surface area contributed by atoms with Crippen molar-refractivity contribution in [2.24, 2.45) is 10.2 Å². The molecule has 0 radical (unpaired) electrons. The average molecular weight is 445 g/mol. The van der Waals surface area contributed by atoms with Crippen LogP contribution in [-0.4, -0.2) is 4.98 Å². The Morgan fingerprint density at radius 1 is 1.13 bits per heavy atom. The van der Waals surface area contributed by atoms with Gasteiger partial charge in [-0.2, -0.15) is 18.4 Å². The van der Waals surface area contributed by atoms with Crippen LogP contribution in [0.25, 0.3) is 0 Å². The van der Waals surface area contributed by atoms with Crippen LogP contribution >= 0.6 is 11.6 Å². The molecule has 0 amide bonds. The molecule has 31 heavy (non-hydrogen) atoms. The highest BCUT2D eigenvalue weighted by Crippen LogP contribution is 2.37. The molecule has 10 heteroatoms. The summed E-state index contributed by atoms with van der Waals surface area (Å²) < 4.78 is 39.1. The van der Waals surface area contributed by atoms with E-state index in [0.717, 1.165) is 17.7 Å². The molecule has 1 heterocycles. The quantitative estimate of drug-likeness (QED) is 0.424. The number of hydrogen-bond acceptors (Lipinski definition) is 6. The summed E-state index contributed by atoms with van der Waals surface area (Å²) in [5.41, 5.74) is 7.07. The molecule has 1 aromatic heterocycles. The van der Waals surface area contributed by atoms with Crippen LogP contribution in [0.4, 0.5) is 41.9 Å². The molecule has 0 spiro atoms. The zero-order valence-electron chi connectivity index (χ0n) is 16.4. The van der Waals surface area contributed by atoms with Gasteiger partial charge in [-0.05, 0) is 49.7 Å². The van der Waals surface area contributed by atoms with Crippen LogP contribution in [0.5, 0.6) is 0 Å². The third kappa shape index (κ3) is 4.92. The van der Waals surface area contributed by atoms with Gasteiger partial charge in [0.25, 0.3) is 0 Å². The molecule has 0 fully saturated rings. The molecule has 2 aromatic carbocycles. The van der Waals surface area contributed by atoms with E-state index in [4.69, 9.17) is 17.3 Å². The fourth-order valence-electron chi connectivity index (χ4n) is 2.78. The third-order valence-corrected chi connectivity index (χ3v) is 4.69. The average Bonchev–Trinajstić information content (AvgIpc) is 2.70. The minimum Gasteiger partial charge on any atom is -0.383 e. The Hall–Kier alpha value is -3.64. The number of nitrogen functional groups attached to an aromatic ring is 1. The first-order valence-corrected chi connectivity index (χ1v) is 9.30. The largest absolute Gasteiger partial charge is 0.416 e. The number of halogens is 4. The Morgan fingerprint density at radius 3 is 2.55 bits per heavy atom. The molecule has 3 N–H and O–H groups in total. The minimum absolute atomic E-state index is 0.0563. The molecule has 0 saturated carbocycles. The van der Waals surface area contributed by atoms with Crippen molar-refractivity contribution in [3.63, 3.8) is 0 Å². The van der Waals surface area contributed by atoms with Gasteiger partial charge in [-0.25, -0.2) is 4.98 Å². The number of nitrogens with one attached hydrogen (secondary N) is 1. The minimum atomic E-state index is -4.50. The van der Waals surface area contributed by atoms with Crippen LogP contribution in [0.15, 0.2) is 52.7 Å². The normalized spacial score (nSPS) is 11.5. The molecule has 0 aliphatic heterocycles. The smallest absolute Gasteiger partial charge is 0.383 e. The molecule has 0 aliphatic rings. The van der Waals surface area contributed by atoms with Crippen LogP contribution in [0, 0.1) is 25.2 Å². The van der Waals surface area contributed by atoms with Crippen molar-refractivity contribution < 1.29 is 13.2 Å². The number of rotatable bonds is 4. The Kier molecular flexibility index (Phi) is 6.13. The van der Waals surface area contributed by atoms with Crippen molar-refractivity contribution in [1.29, 1.82) is 5.26 Å². The highest BCUT2D eigenvalue weighted by Gasteiger charge is 2.30. The van der Waals surface area contributed by atoms with Crippen molar-refractivity contribution in [2.45, 2.75) is 20.0 Å². The van der Waals surface area contributed by atoms with Crippen molar-refractivity contribution >= 4 is 40.3 Å². The number of alkyl halides is 3. The molecule has 158 valence electrons. The summed E-state index contributed by atoms with van der Waals surface area (Å²) in [6.07, 6.45) is -4.50. The molecule has 0 saturated heterocycles. The summed E-state index contributed by atoms with van der Waals surface area (Å²) in [7, 11) is 0. The molecule has 0 bridgehead atoms. The second-order valence-corrected chi connectivity index (χ2v) is 7.07. The van der Waals surface area contributed by atoms with Gasteiger partial charge in [-0.1, -0.05) is 23.7 Å². The Bertz CT molecular complexity index is 1210. The van der Waals surface area contributed by atoms with Gasteiger partial charge < -0.3 is 11.1 Å². The van der Waals surface area contributed by atoms with E-state index in [1.165, 1.54) is 12.1 Å². The van der Waals surface area contributed by atoms with Gasteiger partial charge in [0.15, 0.2) is 5.82 Å². The molecular weight excluding hydrogens is 429 g/mol. The standard InChI is InChI=1S/C21H16ClF3N6/c1-11-6-7-16(22)17(8-11)30-31-18-12(2)15(10-26)19(27)29-20(18)28-14-5-3-4-13(9-14)21(23,24)25/h3-9H,1-2H3,(H3,27,28,29). The Balaban J connectivity index is 2.10. The first kappa shape index (κ1) is 22.1. The fraction of sp³-hybridized carbons (Fsp3) is 0.143. The number of aromatic nitrogens is 1. The maximum absolute atomic E-state index is 13.0. The van der Waals surface area contributed by atoms with Gasteiger partial charge in [-0.3, -0.25) is 0 Å². The van der Waals surface area contributed by atoms with Crippen molar-refractivity contribution in [3.05, 3.63) is 69.7 Å². The summed E-state index contributed by atoms with van der Waals surface area (Å²) in [6.45, 7) is 3.46. The topological polar surface area (TPSA) is 99.4 Å². The fourth-order valence-corrected chi connectivity index (χ4v) is 2.94. The van der Waals surface area contributed by atoms with Crippen molar-refractivity contribution in [2.75, 3.05) is 11.1 Å². The molecule has 3 rings (SSSR count). The molecule has 6 nitrogen and oxygen atoms in total. The summed E-state index contributed by atoms with van der Waals surface area (Å²) in [6, 6.07) is 11.7. The maximum atomic E-state index is 13.0. The number of pyridine rings is 1. The van der Waals surface area contributed by atoms with E-state index in [1.54, 1.807) is 19.1 Å². The number of nitrogens with zero attached hydrogens (tertiary/aromatic N) is 4. The summed E-state index contributed by atoms with van der Waals surface area (Å²) in [4.78, 5) is 4.12. The number of aryl methyl sites for hydroxylation is 1. The molecule has 0 atom stereocenters. The molecule has 3 aromatic rings. The Morgan fingerprint density at radius 2 is 1.87 bits per heavy atom. The van der Waals surface area contributed by atoms with Crippen molar-refractivity contribution in [1.82, 2.24) is 4.98 Å². The monoisotopic (exact) mass is 444 g/mol. The van der Waals surface area contributed by atoms with Crippen LogP contribution in [0.1, 0.15) is 22.3 Å². The van der Waals surface area contributed by atoms with Crippen LogP contribution in [0.3, 0.4) is 0 Å². The summed E-state index contributed by atoms with van der Waals surface area (Å²) in [5.74, 6) is -0.0251. The number of nitrogens with two attached hydrogens (primary N) is 1. The maximum Gasteiger partial charge on any atom is 0.416 e. The zero-order valence-corrected chi connectivity index (χ0v) is 17.2. The van der Waals surface area contributed by atoms with Crippen LogP contribution in [0.2, 0.25) is 5.02 Å². The predicted octanol–water partition coefficient (Wildman–Crippen LogP) is 6.98. The van der Waals surface area contributed by atoms with Crippen molar-refractivity contribution in [3.8, 4) is 6.07 Å². The highest BCUT2D eigenvalue weighted by atomic mass is 35.5. The number of nitriles is 1. The van der Waals surface area contributed by atoms with Gasteiger partial charge in [0, 0.05) is 11.3 Å². The van der Waals surface area contributed by atoms with E-state index in [0.29, 0.717) is 16.3 Å². The first-order valence-electron chi connectivity index (χ1n) is 8.92. The van der Waals surface area contributed by atoms with E-state index in [-0.39, 0.29) is 28.6 Å². The van der Waals surface area contributed by atoms with E-state index in [1.807, 2.05) is 19.1 Å². The van der Waals surface area contributed by atoms with Gasteiger partial charge in [-0.15, -0.1) is 10.2 Å². The van der Waals surface area contributed by atoms with E-state index in [9.17, 15) is 18.4 Å². The van der Waals surface area contributed by atoms with Gasteiger partial charge in [0.1, 0.15) is 23.3 Å². The number of benzene rings is 2. The van der Waals surface area contributed by atoms with Gasteiger partial charge >= 0.3 is 6.18 Å². The van der Waals surface area contributed by atoms with Crippen LogP contribution in [-0.2, 0) is 6.18 Å². The molecule has 0 unspecified atom stereocenters. The van der Waals surface area contributed by atoms with Crippen LogP contribution < -0.4 is 11.1 Å². The lowest BCUT2D eigenvalue weighted by Gasteiger charge is -2.14. The second-order valence-electron chi connectivity index (χ2n) is 6.66. The number of anilines is 3. The summed E-state index contributed by atoms with van der Waals surface area (Å²) >= 11 is 6.15. The lowest BCUT2D eigenvalue weighted by molar-refractivity contribution is -0.137. The second kappa shape index (κ2) is 8.62. The van der Waals surface area contributed by atoms with Gasteiger partial charge in [0.05, 0.1) is 16.1 Å². The molecular formula is C21H16ClF3N6. The number of azo groups is 1. The SMILES string of the molecule is Cc1ccc(Cl)c(N=Nc2c(Nc3cccc(C(F)(F)F)c3)nc(N)c(C#N)c2C)c1. The van der Waals surface area contributed by atoms with E-state index < -0.39 is 11.7 Å². The van der Waals surface area contributed by atoms with Gasteiger partial charge in [0.2, 0.25) is 0 Å². The highest BCUT2D eigenvalue weighted by molar-refractivity contribution is 6.32. The zero-order chi connectivity index (χ0) is 22.8. The van der Waals surface area contributed by atoms with E-state index >= 15 is 0 Å². The lowest BCUT2D eigenvalue weighted by atomic mass is 10.1. The first-order chi connectivity index (χ1) is 14.6. The number of hydrogen-bond donors (Lipinski definition) is 2. The van der Waals surface area contributed by atoms with E-state index in [2.05, 4.69) is 20.5 Å². The lowest BCUT2D eigenvalue weighted by Crippen LogP contribution is -2.06. The third-order valence-electron chi connectivity index (χ3n) is 4.37. The molecule has 0 aliphatic carbocycles. The Labute approximate surface area is 181 Å². The predicted molar refractivity (Wildman–Crippen MR) is 113 cm³/mol. The summed E-state index contributed by atoms with van der Waals surface area (Å²) in [5, 5.41) is 20.9.